The summed E-state index contributed by atoms with van der Waals surface area (Å²) in [5.41, 5.74) is 17.1. The molecule has 0 fully saturated rings. The van der Waals surface area contributed by atoms with Crippen molar-refractivity contribution in [2.24, 2.45) is 0 Å². The molecule has 0 bridgehead atoms. The van der Waals surface area contributed by atoms with E-state index in [2.05, 4.69) is 159 Å². The van der Waals surface area contributed by atoms with Gasteiger partial charge >= 0.3 is 0 Å². The number of aryl methyl sites for hydroxylation is 1. The van der Waals surface area contributed by atoms with Crippen LogP contribution in [0, 0.1) is 6.92 Å². The smallest absolute Gasteiger partial charge is 0.0726 e. The first kappa shape index (κ1) is 25.0. The van der Waals surface area contributed by atoms with Crippen LogP contribution in [0.2, 0.25) is 0 Å². The van der Waals surface area contributed by atoms with Crippen LogP contribution in [0.15, 0.2) is 152 Å². The van der Waals surface area contributed by atoms with Crippen LogP contribution >= 0.6 is 11.3 Å². The number of benzene rings is 7. The largest absolute Gasteiger partial charge is 0.135 e. The zero-order valence-corrected chi connectivity index (χ0v) is 26.2. The lowest BCUT2D eigenvalue weighted by Gasteiger charge is -2.49. The lowest BCUT2D eigenvalue weighted by Crippen LogP contribution is -2.43. The van der Waals surface area contributed by atoms with E-state index in [0.29, 0.717) is 0 Å². The Morgan fingerprint density at radius 1 is 0.391 bits per heavy atom. The zero-order chi connectivity index (χ0) is 30.2. The van der Waals surface area contributed by atoms with Crippen LogP contribution in [-0.4, -0.2) is 0 Å². The highest BCUT2D eigenvalue weighted by Crippen LogP contribution is 2.68. The molecule has 0 amide bonds. The maximum atomic E-state index is 2.45. The van der Waals surface area contributed by atoms with Gasteiger partial charge in [-0.1, -0.05) is 140 Å². The van der Waals surface area contributed by atoms with Gasteiger partial charge in [0.25, 0.3) is 0 Å². The summed E-state index contributed by atoms with van der Waals surface area (Å²) < 4.78 is 2.71. The quantitative estimate of drug-likeness (QED) is 0.162. The number of hydrogen-bond acceptors (Lipinski definition) is 1. The van der Waals surface area contributed by atoms with Crippen molar-refractivity contribution in [1.82, 2.24) is 0 Å². The van der Waals surface area contributed by atoms with Crippen LogP contribution in [0.3, 0.4) is 0 Å². The summed E-state index contributed by atoms with van der Waals surface area (Å²) >= 11 is 1.92. The fourth-order valence-corrected chi connectivity index (χ4v) is 10.9. The summed E-state index contributed by atoms with van der Waals surface area (Å²) in [7, 11) is 0. The molecule has 1 heteroatoms. The maximum Gasteiger partial charge on any atom is 0.0726 e. The first-order valence-electron chi connectivity index (χ1n) is 16.2. The fraction of sp³-hybridized carbons (Fsp3) is 0.0667. The Morgan fingerprint density at radius 2 is 0.913 bits per heavy atom. The third-order valence-corrected chi connectivity index (χ3v) is 12.4. The van der Waals surface area contributed by atoms with Crippen molar-refractivity contribution in [3.63, 3.8) is 0 Å². The molecular weight excluding hydrogens is 573 g/mol. The summed E-state index contributed by atoms with van der Waals surface area (Å²) in [4.78, 5) is 0. The van der Waals surface area contributed by atoms with Crippen molar-refractivity contribution in [1.29, 1.82) is 0 Å². The van der Waals surface area contributed by atoms with Crippen LogP contribution in [0.25, 0.3) is 42.4 Å². The Hall–Kier alpha value is -5.24. The second kappa shape index (κ2) is 8.51. The average Bonchev–Trinajstić information content (AvgIpc) is 3.73. The summed E-state index contributed by atoms with van der Waals surface area (Å²) in [5, 5.41) is 2.76. The molecule has 0 unspecified atom stereocenters. The van der Waals surface area contributed by atoms with E-state index in [-0.39, 0.29) is 0 Å². The van der Waals surface area contributed by atoms with E-state index in [1.165, 1.54) is 92.5 Å². The van der Waals surface area contributed by atoms with Gasteiger partial charge in [-0.3, -0.25) is 0 Å². The molecule has 0 saturated heterocycles. The number of fused-ring (bicyclic) bond motifs is 20. The maximum absolute atomic E-state index is 2.45. The molecule has 0 radical (unpaired) electrons. The fourth-order valence-electron chi connectivity index (χ4n) is 9.83. The van der Waals surface area contributed by atoms with Crippen LogP contribution in [0.5, 0.6) is 0 Å². The molecule has 0 atom stereocenters. The van der Waals surface area contributed by atoms with Gasteiger partial charge in [-0.05, 0) is 91.4 Å². The lowest BCUT2D eigenvalue weighted by molar-refractivity contribution is 0.635. The molecule has 0 saturated carbocycles. The molecule has 7 aromatic carbocycles. The molecule has 1 heterocycles. The second-order valence-electron chi connectivity index (χ2n) is 13.1. The highest BCUT2D eigenvalue weighted by atomic mass is 32.1. The van der Waals surface area contributed by atoms with Gasteiger partial charge in [0, 0.05) is 20.2 Å². The van der Waals surface area contributed by atoms with Gasteiger partial charge in [0.15, 0.2) is 0 Å². The van der Waals surface area contributed by atoms with Gasteiger partial charge in [0.1, 0.15) is 0 Å². The van der Waals surface area contributed by atoms with Gasteiger partial charge in [0.05, 0.1) is 10.8 Å². The molecule has 3 aliphatic rings. The minimum atomic E-state index is -0.467. The molecule has 214 valence electrons. The van der Waals surface area contributed by atoms with Gasteiger partial charge < -0.3 is 0 Å². The molecule has 8 aromatic rings. The van der Waals surface area contributed by atoms with Gasteiger partial charge in [-0.2, -0.15) is 0 Å². The van der Waals surface area contributed by atoms with Crippen molar-refractivity contribution < 1.29 is 0 Å². The average molecular weight is 601 g/mol. The third kappa shape index (κ3) is 2.64. The molecule has 3 aliphatic carbocycles. The van der Waals surface area contributed by atoms with E-state index in [0.717, 1.165) is 0 Å². The zero-order valence-electron chi connectivity index (χ0n) is 25.3. The highest BCUT2D eigenvalue weighted by molar-refractivity contribution is 7.25. The van der Waals surface area contributed by atoms with Crippen molar-refractivity contribution in [3.8, 4) is 22.3 Å². The van der Waals surface area contributed by atoms with Crippen LogP contribution in [-0.2, 0) is 10.8 Å². The Balaban J connectivity index is 1.41. The van der Waals surface area contributed by atoms with Gasteiger partial charge in [-0.15, -0.1) is 11.3 Å². The van der Waals surface area contributed by atoms with Crippen molar-refractivity contribution in [2.75, 3.05) is 0 Å². The molecule has 11 rings (SSSR count). The van der Waals surface area contributed by atoms with Crippen molar-refractivity contribution in [3.05, 3.63) is 202 Å². The predicted octanol–water partition coefficient (Wildman–Crippen LogP) is 11.4. The minimum absolute atomic E-state index is 0.414. The van der Waals surface area contributed by atoms with Crippen LogP contribution < -0.4 is 0 Å². The Kier molecular flexibility index (Phi) is 4.63. The standard InChI is InChI=1S/C45H28S/c1-27-13-12-23-38-41(27)31-25-26-40-42(30-16-4-11-24-39(30)46-40)43(31)45(38)36-21-9-7-19-34(36)44(35-20-8-10-22-37(35)45)32-17-5-2-14-28(32)29-15-3-6-18-33(29)44/h2-26H,1H3. The van der Waals surface area contributed by atoms with E-state index >= 15 is 0 Å². The molecular formula is C45H28S. The van der Waals surface area contributed by atoms with Crippen molar-refractivity contribution in [2.45, 2.75) is 17.8 Å². The first-order chi connectivity index (χ1) is 22.8. The summed E-state index contributed by atoms with van der Waals surface area (Å²) in [6.45, 7) is 2.29. The highest BCUT2D eigenvalue weighted by Gasteiger charge is 2.59. The van der Waals surface area contributed by atoms with E-state index in [1.54, 1.807) is 0 Å². The number of rotatable bonds is 0. The molecule has 0 aliphatic heterocycles. The lowest BCUT2D eigenvalue weighted by atomic mass is 9.52. The monoisotopic (exact) mass is 600 g/mol. The summed E-state index contributed by atoms with van der Waals surface area (Å²) in [6.07, 6.45) is 0. The molecule has 0 nitrogen and oxygen atoms in total. The second-order valence-corrected chi connectivity index (χ2v) is 14.2. The number of hydrogen-bond donors (Lipinski definition) is 0. The normalized spacial score (nSPS) is 15.4. The van der Waals surface area contributed by atoms with E-state index in [9.17, 15) is 0 Å². The molecule has 46 heavy (non-hydrogen) atoms. The Bertz CT molecular complexity index is 2520. The molecule has 2 spiro atoms. The minimum Gasteiger partial charge on any atom is -0.135 e. The van der Waals surface area contributed by atoms with Crippen LogP contribution in [0.1, 0.15) is 50.1 Å². The first-order valence-corrected chi connectivity index (χ1v) is 17.0. The van der Waals surface area contributed by atoms with E-state index < -0.39 is 10.8 Å². The van der Waals surface area contributed by atoms with E-state index in [4.69, 9.17) is 0 Å². The number of thiophene rings is 1. The van der Waals surface area contributed by atoms with E-state index in [1.807, 2.05) is 11.3 Å². The Morgan fingerprint density at radius 3 is 1.57 bits per heavy atom. The topological polar surface area (TPSA) is 0 Å². The summed E-state index contributed by atoms with van der Waals surface area (Å²) in [5.74, 6) is 0. The Labute approximate surface area is 272 Å². The predicted molar refractivity (Wildman–Crippen MR) is 192 cm³/mol. The third-order valence-electron chi connectivity index (χ3n) is 11.3. The van der Waals surface area contributed by atoms with Crippen LogP contribution in [0.4, 0.5) is 0 Å². The SMILES string of the molecule is Cc1cccc2c1-c1ccc3sc4ccccc4c3c1C21c2ccccc2C2(c3ccccc3-c3ccccc32)c2ccccc21. The van der Waals surface area contributed by atoms with Gasteiger partial charge in [-0.25, -0.2) is 0 Å². The van der Waals surface area contributed by atoms with Gasteiger partial charge in [0.2, 0.25) is 0 Å². The molecule has 0 N–H and O–H groups in total. The summed E-state index contributed by atoms with van der Waals surface area (Å²) in [6, 6.07) is 57.9. The van der Waals surface area contributed by atoms with Crippen molar-refractivity contribution >= 4 is 31.5 Å². The molecule has 1 aromatic heterocycles.